The number of carbonyl (C=O) groups is 2. The zero-order valence-electron chi connectivity index (χ0n) is 18.4. The first kappa shape index (κ1) is 24.3. The third kappa shape index (κ3) is 4.47. The molecule has 11 heteroatoms. The molecule has 1 atom stereocenters. The lowest BCUT2D eigenvalue weighted by molar-refractivity contribution is -0.144. The van der Waals surface area contributed by atoms with Gasteiger partial charge in [-0.25, -0.2) is 17.2 Å². The van der Waals surface area contributed by atoms with E-state index in [1.165, 1.54) is 36.4 Å². The monoisotopic (exact) mass is 502 g/mol. The topological polar surface area (TPSA) is 104 Å². The summed E-state index contributed by atoms with van der Waals surface area (Å²) in [5.41, 5.74) is 0.0168. The number of anilines is 1. The Morgan fingerprint density at radius 2 is 1.69 bits per heavy atom. The number of ether oxygens (including phenoxy) is 1. The second kappa shape index (κ2) is 9.43. The fourth-order valence-corrected chi connectivity index (χ4v) is 5.44. The van der Waals surface area contributed by atoms with Gasteiger partial charge in [0, 0.05) is 12.2 Å². The lowest BCUT2D eigenvalue weighted by Crippen LogP contribution is -2.50. The summed E-state index contributed by atoms with van der Waals surface area (Å²) in [6.45, 7) is -0.829. The number of hydrogen-bond donors (Lipinski definition) is 1. The summed E-state index contributed by atoms with van der Waals surface area (Å²) in [5, 5.41) is 9.55. The van der Waals surface area contributed by atoms with Crippen LogP contribution in [0.1, 0.15) is 15.9 Å². The highest BCUT2D eigenvalue weighted by atomic mass is 32.2. The molecule has 1 N–H and O–H groups in total. The van der Waals surface area contributed by atoms with E-state index in [0.29, 0.717) is 5.56 Å². The molecule has 182 valence electrons. The van der Waals surface area contributed by atoms with Crippen molar-refractivity contribution in [3.05, 3.63) is 89.5 Å². The number of fused-ring (bicyclic) bond motifs is 1. The molecule has 8 nitrogen and oxygen atoms in total. The van der Waals surface area contributed by atoms with Gasteiger partial charge < -0.3 is 14.7 Å². The molecule has 0 radical (unpaired) electrons. The molecule has 3 aromatic carbocycles. The standard InChI is InChI=1S/C24H20F2N2O6S/c1-34-24(31)21-14-27(23(30)18-6-4-7-19(25)22(18)26)20-8-3-2-5-15(20)13-28(21)35(32,33)17-11-9-16(29)10-12-17/h2-12,21,29H,13-14H2,1H3. The first-order valence-corrected chi connectivity index (χ1v) is 11.8. The van der Waals surface area contributed by atoms with Crippen LogP contribution in [-0.4, -0.2) is 49.4 Å². The number of para-hydroxylation sites is 1. The van der Waals surface area contributed by atoms with Gasteiger partial charge in [0.2, 0.25) is 10.0 Å². The van der Waals surface area contributed by atoms with Gasteiger partial charge >= 0.3 is 5.97 Å². The lowest BCUT2D eigenvalue weighted by atomic mass is 10.1. The van der Waals surface area contributed by atoms with Crippen molar-refractivity contribution in [3.8, 4) is 5.75 Å². The second-order valence-electron chi connectivity index (χ2n) is 7.73. The summed E-state index contributed by atoms with van der Waals surface area (Å²) in [6, 6.07) is 12.7. The number of halogens is 2. The van der Waals surface area contributed by atoms with Crippen LogP contribution >= 0.6 is 0 Å². The fraction of sp³-hybridized carbons (Fsp3) is 0.167. The van der Waals surface area contributed by atoms with Crippen LogP contribution in [0, 0.1) is 11.6 Å². The Morgan fingerprint density at radius 1 is 1.00 bits per heavy atom. The quantitative estimate of drug-likeness (QED) is 0.550. The van der Waals surface area contributed by atoms with E-state index in [1.807, 2.05) is 0 Å². The highest BCUT2D eigenvalue weighted by molar-refractivity contribution is 7.89. The van der Waals surface area contributed by atoms with Gasteiger partial charge in [-0.3, -0.25) is 9.59 Å². The minimum Gasteiger partial charge on any atom is -0.508 e. The largest absolute Gasteiger partial charge is 0.508 e. The maximum absolute atomic E-state index is 14.5. The molecule has 0 bridgehead atoms. The van der Waals surface area contributed by atoms with Crippen LogP contribution in [0.2, 0.25) is 0 Å². The number of esters is 1. The molecule has 35 heavy (non-hydrogen) atoms. The smallest absolute Gasteiger partial charge is 0.326 e. The Bertz CT molecular complexity index is 1400. The Kier molecular flexibility index (Phi) is 6.55. The number of sulfonamides is 1. The third-order valence-electron chi connectivity index (χ3n) is 5.66. The Morgan fingerprint density at radius 3 is 2.37 bits per heavy atom. The zero-order chi connectivity index (χ0) is 25.3. The van der Waals surface area contributed by atoms with Crippen LogP contribution in [0.25, 0.3) is 0 Å². The molecule has 0 aliphatic carbocycles. The SMILES string of the molecule is COC(=O)C1CN(C(=O)c2cccc(F)c2F)c2ccccc2CN1S(=O)(=O)c1ccc(O)cc1. The minimum absolute atomic E-state index is 0.149. The third-order valence-corrected chi connectivity index (χ3v) is 7.52. The normalized spacial score (nSPS) is 16.3. The van der Waals surface area contributed by atoms with Crippen molar-refractivity contribution in [2.24, 2.45) is 0 Å². The van der Waals surface area contributed by atoms with Gasteiger partial charge in [0.15, 0.2) is 11.6 Å². The molecule has 0 fully saturated rings. The van der Waals surface area contributed by atoms with E-state index in [1.54, 1.807) is 18.2 Å². The number of phenolic OH excluding ortho intramolecular Hbond substituents is 1. The molecular weight excluding hydrogens is 482 g/mol. The number of hydrogen-bond acceptors (Lipinski definition) is 6. The van der Waals surface area contributed by atoms with Crippen molar-refractivity contribution >= 4 is 27.6 Å². The highest BCUT2D eigenvalue weighted by Crippen LogP contribution is 2.33. The number of carbonyl (C=O) groups excluding carboxylic acids is 2. The zero-order valence-corrected chi connectivity index (χ0v) is 19.2. The van der Waals surface area contributed by atoms with Crippen LogP contribution in [0.3, 0.4) is 0 Å². The predicted molar refractivity (Wildman–Crippen MR) is 121 cm³/mol. The summed E-state index contributed by atoms with van der Waals surface area (Å²) in [5.74, 6) is -4.63. The number of aromatic hydroxyl groups is 1. The number of benzene rings is 3. The molecule has 0 spiro atoms. The second-order valence-corrected chi connectivity index (χ2v) is 9.62. The molecule has 0 saturated heterocycles. The van der Waals surface area contributed by atoms with Crippen molar-refractivity contribution in [3.63, 3.8) is 0 Å². The predicted octanol–water partition coefficient (Wildman–Crippen LogP) is 3.06. The minimum atomic E-state index is -4.33. The lowest BCUT2D eigenvalue weighted by Gasteiger charge is -2.29. The van der Waals surface area contributed by atoms with E-state index in [9.17, 15) is 31.9 Å². The molecule has 1 aliphatic rings. The van der Waals surface area contributed by atoms with E-state index in [4.69, 9.17) is 4.74 Å². The summed E-state index contributed by atoms with van der Waals surface area (Å²) in [6.07, 6.45) is 0. The molecule has 3 aromatic rings. The van der Waals surface area contributed by atoms with Crippen molar-refractivity contribution in [1.29, 1.82) is 0 Å². The van der Waals surface area contributed by atoms with Gasteiger partial charge in [0.05, 0.1) is 24.1 Å². The number of nitrogens with zero attached hydrogens (tertiary/aromatic N) is 2. The van der Waals surface area contributed by atoms with Crippen LogP contribution in [0.4, 0.5) is 14.5 Å². The van der Waals surface area contributed by atoms with Crippen LogP contribution in [0.5, 0.6) is 5.75 Å². The van der Waals surface area contributed by atoms with Gasteiger partial charge in [-0.05, 0) is 48.0 Å². The molecule has 1 heterocycles. The molecule has 0 aromatic heterocycles. The maximum atomic E-state index is 14.5. The summed E-state index contributed by atoms with van der Waals surface area (Å²) in [4.78, 5) is 27.0. The first-order valence-electron chi connectivity index (χ1n) is 10.4. The highest BCUT2D eigenvalue weighted by Gasteiger charge is 2.42. The van der Waals surface area contributed by atoms with Crippen LogP contribution in [-0.2, 0) is 26.1 Å². The fourth-order valence-electron chi connectivity index (χ4n) is 3.89. The number of phenols is 1. The molecular formula is C24H20F2N2O6S. The molecule has 4 rings (SSSR count). The van der Waals surface area contributed by atoms with Gasteiger partial charge in [-0.1, -0.05) is 24.3 Å². The van der Waals surface area contributed by atoms with Gasteiger partial charge in [0.25, 0.3) is 5.91 Å². The maximum Gasteiger partial charge on any atom is 0.326 e. The van der Waals surface area contributed by atoms with E-state index in [-0.39, 0.29) is 22.9 Å². The van der Waals surface area contributed by atoms with Gasteiger partial charge in [-0.2, -0.15) is 4.31 Å². The van der Waals surface area contributed by atoms with Crippen molar-refractivity contribution in [2.75, 3.05) is 18.6 Å². The first-order chi connectivity index (χ1) is 16.6. The van der Waals surface area contributed by atoms with Crippen molar-refractivity contribution < 1.29 is 36.6 Å². The summed E-state index contributed by atoms with van der Waals surface area (Å²) >= 11 is 0. The van der Waals surface area contributed by atoms with E-state index >= 15 is 0 Å². The molecule has 1 amide bonds. The van der Waals surface area contributed by atoms with Crippen molar-refractivity contribution in [2.45, 2.75) is 17.5 Å². The van der Waals surface area contributed by atoms with Crippen LogP contribution < -0.4 is 4.90 Å². The Balaban J connectivity index is 1.86. The van der Waals surface area contributed by atoms with E-state index < -0.39 is 51.7 Å². The van der Waals surface area contributed by atoms with Crippen molar-refractivity contribution in [1.82, 2.24) is 4.31 Å². The van der Waals surface area contributed by atoms with E-state index in [0.717, 1.165) is 28.4 Å². The van der Waals surface area contributed by atoms with Gasteiger partial charge in [0.1, 0.15) is 11.8 Å². The number of amides is 1. The molecule has 0 saturated carbocycles. The number of rotatable bonds is 4. The molecule has 1 unspecified atom stereocenters. The Labute approximate surface area is 200 Å². The average molecular weight is 502 g/mol. The Hall–Kier alpha value is -3.83. The summed E-state index contributed by atoms with van der Waals surface area (Å²) in [7, 11) is -3.25. The summed E-state index contributed by atoms with van der Waals surface area (Å²) < 4.78 is 61.2. The van der Waals surface area contributed by atoms with E-state index in [2.05, 4.69) is 0 Å². The van der Waals surface area contributed by atoms with Crippen LogP contribution in [0.15, 0.2) is 71.6 Å². The molecule has 1 aliphatic heterocycles. The number of methoxy groups -OCH3 is 1. The van der Waals surface area contributed by atoms with Gasteiger partial charge in [-0.15, -0.1) is 0 Å². The average Bonchev–Trinajstić information content (AvgIpc) is 3.03.